The van der Waals surface area contributed by atoms with E-state index in [-0.39, 0.29) is 5.57 Å². The number of hydrogen-bond donors (Lipinski definition) is 1. The van der Waals surface area contributed by atoms with Crippen molar-refractivity contribution in [2.75, 3.05) is 0 Å². The van der Waals surface area contributed by atoms with Gasteiger partial charge in [-0.1, -0.05) is 25.5 Å². The smallest absolute Gasteiger partial charge is 0.338 e. The first kappa shape index (κ1) is 12.6. The minimum atomic E-state index is -1.23. The summed E-state index contributed by atoms with van der Waals surface area (Å²) in [4.78, 5) is 10.4. The zero-order valence-electron chi connectivity index (χ0n) is 8.67. The molecule has 0 aromatic rings. The van der Waals surface area contributed by atoms with Gasteiger partial charge in [-0.15, -0.1) is 0 Å². The number of allylic oxidation sites excluding steroid dienone is 4. The molecule has 0 aliphatic heterocycles. The largest absolute Gasteiger partial charge is 0.478 e. The average Bonchev–Trinajstić information content (AvgIpc) is 2.32. The van der Waals surface area contributed by atoms with Crippen LogP contribution in [0.25, 0.3) is 0 Å². The van der Waals surface area contributed by atoms with Gasteiger partial charge in [-0.3, -0.25) is 0 Å². The highest BCUT2D eigenvalue weighted by molar-refractivity contribution is 5.91. The summed E-state index contributed by atoms with van der Waals surface area (Å²) in [6.07, 6.45) is 4.65. The number of carboxylic acid groups (broad SMARTS) is 1. The lowest BCUT2D eigenvalue weighted by Crippen LogP contribution is -2.00. The van der Waals surface area contributed by atoms with Crippen molar-refractivity contribution < 1.29 is 14.3 Å². The molecule has 0 saturated heterocycles. The maximum absolute atomic E-state index is 12.9. The van der Waals surface area contributed by atoms with E-state index in [9.17, 15) is 9.18 Å². The first-order valence-corrected chi connectivity index (χ1v) is 4.58. The van der Waals surface area contributed by atoms with Crippen molar-refractivity contribution >= 4 is 5.97 Å². The molecule has 1 aliphatic carbocycles. The Balaban J connectivity index is 0.000000791. The standard InChI is InChI=1S/C9H9FO2.C2H6/c1-6-2-4-7(9(11)12)8(10)5-3-6;1-2/h2,4-5H,3H2,1H3,(H,11,12);1-2H3. The van der Waals surface area contributed by atoms with Gasteiger partial charge in [0.15, 0.2) is 0 Å². The molecule has 0 aromatic heterocycles. The van der Waals surface area contributed by atoms with Gasteiger partial charge in [-0.25, -0.2) is 9.18 Å². The van der Waals surface area contributed by atoms with Gasteiger partial charge in [0.05, 0.1) is 5.57 Å². The van der Waals surface area contributed by atoms with E-state index < -0.39 is 11.8 Å². The lowest BCUT2D eigenvalue weighted by Gasteiger charge is -1.94. The summed E-state index contributed by atoms with van der Waals surface area (Å²) in [5.74, 6) is -1.88. The van der Waals surface area contributed by atoms with E-state index in [0.29, 0.717) is 6.42 Å². The molecule has 0 unspecified atom stereocenters. The molecule has 78 valence electrons. The van der Waals surface area contributed by atoms with E-state index in [2.05, 4.69) is 0 Å². The quantitative estimate of drug-likeness (QED) is 0.702. The molecule has 0 bridgehead atoms. The van der Waals surface area contributed by atoms with Gasteiger partial charge < -0.3 is 5.11 Å². The topological polar surface area (TPSA) is 37.3 Å². The van der Waals surface area contributed by atoms with Crippen LogP contribution in [0.3, 0.4) is 0 Å². The van der Waals surface area contributed by atoms with E-state index >= 15 is 0 Å². The van der Waals surface area contributed by atoms with Gasteiger partial charge in [-0.2, -0.15) is 0 Å². The van der Waals surface area contributed by atoms with E-state index in [1.807, 2.05) is 20.8 Å². The summed E-state index contributed by atoms with van der Waals surface area (Å²) in [6.45, 7) is 5.82. The van der Waals surface area contributed by atoms with Crippen LogP contribution in [0.1, 0.15) is 27.2 Å². The van der Waals surface area contributed by atoms with Gasteiger partial charge >= 0.3 is 5.97 Å². The molecule has 0 fully saturated rings. The highest BCUT2D eigenvalue weighted by Gasteiger charge is 2.13. The molecule has 3 heteroatoms. The summed E-state index contributed by atoms with van der Waals surface area (Å²) in [6, 6.07) is 0. The Hall–Kier alpha value is -1.38. The number of carbonyl (C=O) groups is 1. The van der Waals surface area contributed by atoms with Crippen molar-refractivity contribution in [3.8, 4) is 0 Å². The normalized spacial score (nSPS) is 15.3. The minimum absolute atomic E-state index is 0.271. The Morgan fingerprint density at radius 2 is 2.00 bits per heavy atom. The van der Waals surface area contributed by atoms with Crippen LogP contribution in [0, 0.1) is 0 Å². The molecule has 1 rings (SSSR count). The second kappa shape index (κ2) is 6.13. The van der Waals surface area contributed by atoms with Gasteiger partial charge in [0, 0.05) is 0 Å². The number of rotatable bonds is 1. The first-order valence-electron chi connectivity index (χ1n) is 4.58. The first-order chi connectivity index (χ1) is 6.61. The second-order valence-electron chi connectivity index (χ2n) is 2.65. The van der Waals surface area contributed by atoms with Gasteiger partial charge in [0.2, 0.25) is 0 Å². The van der Waals surface area contributed by atoms with Crippen LogP contribution in [-0.2, 0) is 4.79 Å². The summed E-state index contributed by atoms with van der Waals surface area (Å²) >= 11 is 0. The van der Waals surface area contributed by atoms with Gasteiger partial charge in [0.25, 0.3) is 0 Å². The Labute approximate surface area is 83.4 Å². The zero-order valence-corrected chi connectivity index (χ0v) is 8.67. The predicted octanol–water partition coefficient (Wildman–Crippen LogP) is 3.23. The molecule has 0 heterocycles. The molecule has 0 radical (unpaired) electrons. The van der Waals surface area contributed by atoms with Crippen LogP contribution in [0.15, 0.2) is 35.2 Å². The van der Waals surface area contributed by atoms with Crippen LogP contribution in [-0.4, -0.2) is 11.1 Å². The summed E-state index contributed by atoms with van der Waals surface area (Å²) in [7, 11) is 0. The Morgan fingerprint density at radius 3 is 2.50 bits per heavy atom. The van der Waals surface area contributed by atoms with Crippen molar-refractivity contribution in [1.29, 1.82) is 0 Å². The molecule has 0 aromatic carbocycles. The lowest BCUT2D eigenvalue weighted by molar-refractivity contribution is -0.132. The molecule has 2 nitrogen and oxygen atoms in total. The Bertz CT molecular complexity index is 298. The van der Waals surface area contributed by atoms with Gasteiger partial charge in [-0.05, 0) is 25.5 Å². The predicted molar refractivity (Wildman–Crippen MR) is 54.6 cm³/mol. The molecular weight excluding hydrogens is 183 g/mol. The summed E-state index contributed by atoms with van der Waals surface area (Å²) in [5, 5.41) is 8.54. The Kier molecular flexibility index (Phi) is 5.53. The highest BCUT2D eigenvalue weighted by Crippen LogP contribution is 2.18. The Morgan fingerprint density at radius 1 is 1.43 bits per heavy atom. The number of halogens is 1. The molecule has 0 amide bonds. The van der Waals surface area contributed by atoms with Crippen LogP contribution < -0.4 is 0 Å². The summed E-state index contributed by atoms with van der Waals surface area (Å²) in [5.41, 5.74) is 0.674. The SMILES string of the molecule is CC.CC1=CC=C(C(=O)O)C(F)=CC1. The van der Waals surface area contributed by atoms with Crippen molar-refractivity contribution in [1.82, 2.24) is 0 Å². The van der Waals surface area contributed by atoms with Crippen LogP contribution in [0.2, 0.25) is 0 Å². The maximum atomic E-state index is 12.9. The molecule has 1 N–H and O–H groups in total. The fourth-order valence-electron chi connectivity index (χ4n) is 0.907. The monoisotopic (exact) mass is 198 g/mol. The maximum Gasteiger partial charge on any atom is 0.338 e. The highest BCUT2D eigenvalue weighted by atomic mass is 19.1. The third kappa shape index (κ3) is 3.56. The van der Waals surface area contributed by atoms with Crippen LogP contribution in [0.5, 0.6) is 0 Å². The third-order valence-electron chi connectivity index (χ3n) is 1.63. The lowest BCUT2D eigenvalue weighted by atomic mass is 10.2. The van der Waals surface area contributed by atoms with Crippen molar-refractivity contribution in [3.05, 3.63) is 35.2 Å². The fourth-order valence-corrected chi connectivity index (χ4v) is 0.907. The molecule has 1 aliphatic rings. The van der Waals surface area contributed by atoms with E-state index in [4.69, 9.17) is 5.11 Å². The molecule has 0 saturated carbocycles. The molecule has 0 spiro atoms. The van der Waals surface area contributed by atoms with Crippen LogP contribution >= 0.6 is 0 Å². The number of aliphatic carboxylic acids is 1. The van der Waals surface area contributed by atoms with E-state index in [0.717, 1.165) is 5.57 Å². The number of carboxylic acids is 1. The second-order valence-corrected chi connectivity index (χ2v) is 2.65. The molecule has 0 atom stereocenters. The third-order valence-corrected chi connectivity index (χ3v) is 1.63. The number of hydrogen-bond acceptors (Lipinski definition) is 1. The average molecular weight is 198 g/mol. The van der Waals surface area contributed by atoms with Crippen molar-refractivity contribution in [2.24, 2.45) is 0 Å². The molecule has 14 heavy (non-hydrogen) atoms. The van der Waals surface area contributed by atoms with E-state index in [1.165, 1.54) is 12.2 Å². The minimum Gasteiger partial charge on any atom is -0.478 e. The summed E-state index contributed by atoms with van der Waals surface area (Å²) < 4.78 is 12.9. The van der Waals surface area contributed by atoms with Crippen LogP contribution in [0.4, 0.5) is 4.39 Å². The van der Waals surface area contributed by atoms with Gasteiger partial charge in [0.1, 0.15) is 5.83 Å². The van der Waals surface area contributed by atoms with Crippen molar-refractivity contribution in [2.45, 2.75) is 27.2 Å². The fraction of sp³-hybridized carbons (Fsp3) is 0.364. The van der Waals surface area contributed by atoms with E-state index in [1.54, 1.807) is 6.08 Å². The molecular formula is C11H15FO2. The van der Waals surface area contributed by atoms with Crippen molar-refractivity contribution in [3.63, 3.8) is 0 Å². The zero-order chi connectivity index (χ0) is 11.1.